The van der Waals surface area contributed by atoms with Gasteiger partial charge in [-0.2, -0.15) is 0 Å². The quantitative estimate of drug-likeness (QED) is 0.880. The number of hydrogen-bond donors (Lipinski definition) is 2. The fourth-order valence-electron chi connectivity index (χ4n) is 2.29. The van der Waals surface area contributed by atoms with Gasteiger partial charge in [-0.25, -0.2) is 4.98 Å². The minimum Gasteiger partial charge on any atom is -0.481 e. The van der Waals surface area contributed by atoms with Gasteiger partial charge in [0.1, 0.15) is 0 Å². The van der Waals surface area contributed by atoms with Crippen molar-refractivity contribution >= 4 is 28.3 Å². The molecular formula is C12H16N2O3S. The van der Waals surface area contributed by atoms with Crippen molar-refractivity contribution in [1.82, 2.24) is 4.98 Å². The van der Waals surface area contributed by atoms with Crippen LogP contribution in [0.2, 0.25) is 0 Å². The lowest BCUT2D eigenvalue weighted by Crippen LogP contribution is -2.29. The molecular weight excluding hydrogens is 252 g/mol. The molecule has 1 aromatic heterocycles. The van der Waals surface area contributed by atoms with Crippen LogP contribution in [0.15, 0.2) is 0 Å². The molecule has 0 radical (unpaired) electrons. The standard InChI is InChI=1S/C12H16N2O3S/c1-6-7(2)18-12(13-6)14-10(15)8-4-3-5-9(8)11(16)17/h8-9H,3-5H2,1-2H3,(H,16,17)(H,13,14,15). The van der Waals surface area contributed by atoms with Crippen molar-refractivity contribution in [3.05, 3.63) is 10.6 Å². The Bertz CT molecular complexity index is 464. The molecule has 2 atom stereocenters. The molecule has 5 nitrogen and oxygen atoms in total. The summed E-state index contributed by atoms with van der Waals surface area (Å²) >= 11 is 1.42. The number of rotatable bonds is 3. The molecule has 0 spiro atoms. The number of nitrogens with zero attached hydrogens (tertiary/aromatic N) is 1. The van der Waals surface area contributed by atoms with Crippen molar-refractivity contribution in [2.24, 2.45) is 11.8 Å². The highest BCUT2D eigenvalue weighted by Gasteiger charge is 2.37. The minimum absolute atomic E-state index is 0.214. The molecule has 1 amide bonds. The number of thiazole rings is 1. The first kappa shape index (κ1) is 13.0. The maximum atomic E-state index is 12.0. The van der Waals surface area contributed by atoms with E-state index in [4.69, 9.17) is 5.11 Å². The van der Waals surface area contributed by atoms with Gasteiger partial charge in [0.25, 0.3) is 0 Å². The van der Waals surface area contributed by atoms with Gasteiger partial charge >= 0.3 is 5.97 Å². The SMILES string of the molecule is Cc1nc(NC(=O)C2CCCC2C(=O)O)sc1C. The minimum atomic E-state index is -0.876. The van der Waals surface area contributed by atoms with E-state index in [1.165, 1.54) is 11.3 Å². The van der Waals surface area contributed by atoms with Crippen LogP contribution in [-0.4, -0.2) is 22.0 Å². The van der Waals surface area contributed by atoms with Gasteiger partial charge in [0.15, 0.2) is 5.13 Å². The number of nitrogens with one attached hydrogen (secondary N) is 1. The van der Waals surface area contributed by atoms with E-state index in [2.05, 4.69) is 10.3 Å². The van der Waals surface area contributed by atoms with Gasteiger partial charge < -0.3 is 10.4 Å². The van der Waals surface area contributed by atoms with Gasteiger partial charge in [-0.3, -0.25) is 9.59 Å². The van der Waals surface area contributed by atoms with Crippen LogP contribution in [0.25, 0.3) is 0 Å². The van der Waals surface area contributed by atoms with Crippen LogP contribution in [0.4, 0.5) is 5.13 Å². The topological polar surface area (TPSA) is 79.3 Å². The molecule has 1 heterocycles. The second kappa shape index (κ2) is 5.06. The van der Waals surface area contributed by atoms with Gasteiger partial charge in [-0.15, -0.1) is 11.3 Å². The third kappa shape index (κ3) is 2.53. The van der Waals surface area contributed by atoms with Crippen LogP contribution >= 0.6 is 11.3 Å². The second-order valence-electron chi connectivity index (χ2n) is 4.63. The second-order valence-corrected chi connectivity index (χ2v) is 5.84. The molecule has 2 rings (SSSR count). The van der Waals surface area contributed by atoms with E-state index < -0.39 is 17.8 Å². The fraction of sp³-hybridized carbons (Fsp3) is 0.583. The summed E-state index contributed by atoms with van der Waals surface area (Å²) in [6, 6.07) is 0. The zero-order chi connectivity index (χ0) is 13.3. The normalized spacial score (nSPS) is 23.0. The molecule has 98 valence electrons. The third-order valence-electron chi connectivity index (χ3n) is 3.43. The van der Waals surface area contributed by atoms with Crippen molar-refractivity contribution in [3.63, 3.8) is 0 Å². The first-order chi connectivity index (χ1) is 8.49. The summed E-state index contributed by atoms with van der Waals surface area (Å²) in [5.74, 6) is -2.06. The lowest BCUT2D eigenvalue weighted by atomic mass is 9.95. The number of carbonyl (C=O) groups excluding carboxylic acids is 1. The summed E-state index contributed by atoms with van der Waals surface area (Å²) in [5, 5.41) is 12.4. The fourth-order valence-corrected chi connectivity index (χ4v) is 3.11. The summed E-state index contributed by atoms with van der Waals surface area (Å²) in [5.41, 5.74) is 0.900. The molecule has 0 aromatic carbocycles. The van der Waals surface area contributed by atoms with E-state index in [0.717, 1.165) is 17.0 Å². The molecule has 1 aromatic rings. The number of carboxylic acid groups (broad SMARTS) is 1. The van der Waals surface area contributed by atoms with Crippen LogP contribution in [0.1, 0.15) is 29.8 Å². The van der Waals surface area contributed by atoms with Crippen LogP contribution in [0.5, 0.6) is 0 Å². The summed E-state index contributed by atoms with van der Waals surface area (Å²) in [6.45, 7) is 3.83. The number of carboxylic acids is 1. The van der Waals surface area contributed by atoms with E-state index >= 15 is 0 Å². The predicted octanol–water partition coefficient (Wildman–Crippen LogP) is 2.20. The van der Waals surface area contributed by atoms with Crippen molar-refractivity contribution in [2.45, 2.75) is 33.1 Å². The summed E-state index contributed by atoms with van der Waals surface area (Å²) < 4.78 is 0. The first-order valence-corrected chi connectivity index (χ1v) is 6.78. The third-order valence-corrected chi connectivity index (χ3v) is 4.42. The molecule has 1 saturated carbocycles. The van der Waals surface area contributed by atoms with Crippen molar-refractivity contribution in [1.29, 1.82) is 0 Å². The Balaban J connectivity index is 2.05. The number of amides is 1. The average molecular weight is 268 g/mol. The van der Waals surface area contributed by atoms with Crippen LogP contribution in [0, 0.1) is 25.7 Å². The number of anilines is 1. The zero-order valence-corrected chi connectivity index (χ0v) is 11.2. The van der Waals surface area contributed by atoms with Gasteiger partial charge in [0.2, 0.25) is 5.91 Å². The van der Waals surface area contributed by atoms with Crippen molar-refractivity contribution in [3.8, 4) is 0 Å². The molecule has 0 saturated heterocycles. The predicted molar refractivity (Wildman–Crippen MR) is 68.7 cm³/mol. The van der Waals surface area contributed by atoms with Gasteiger partial charge in [-0.05, 0) is 26.7 Å². The number of hydrogen-bond acceptors (Lipinski definition) is 4. The Labute approximate surface area is 109 Å². The van der Waals surface area contributed by atoms with Crippen LogP contribution in [0.3, 0.4) is 0 Å². The van der Waals surface area contributed by atoms with E-state index in [9.17, 15) is 9.59 Å². The van der Waals surface area contributed by atoms with E-state index in [1.54, 1.807) is 0 Å². The smallest absolute Gasteiger partial charge is 0.307 e. The molecule has 6 heteroatoms. The van der Waals surface area contributed by atoms with E-state index in [-0.39, 0.29) is 5.91 Å². The molecule has 1 aliphatic rings. The summed E-state index contributed by atoms with van der Waals surface area (Å²) in [6.07, 6.45) is 2.03. The molecule has 1 fully saturated rings. The van der Waals surface area contributed by atoms with Crippen LogP contribution < -0.4 is 5.32 Å². The summed E-state index contributed by atoms with van der Waals surface area (Å²) in [4.78, 5) is 28.4. The highest BCUT2D eigenvalue weighted by Crippen LogP contribution is 2.33. The van der Waals surface area contributed by atoms with E-state index in [0.29, 0.717) is 18.0 Å². The molecule has 2 N–H and O–H groups in total. The Morgan fingerprint density at radius 3 is 2.56 bits per heavy atom. The Morgan fingerprint density at radius 2 is 2.00 bits per heavy atom. The summed E-state index contributed by atoms with van der Waals surface area (Å²) in [7, 11) is 0. The van der Waals surface area contributed by atoms with Crippen molar-refractivity contribution in [2.75, 3.05) is 5.32 Å². The monoisotopic (exact) mass is 268 g/mol. The maximum Gasteiger partial charge on any atom is 0.307 e. The number of aliphatic carboxylic acids is 1. The van der Waals surface area contributed by atoms with E-state index in [1.807, 2.05) is 13.8 Å². The maximum absolute atomic E-state index is 12.0. The number of carbonyl (C=O) groups is 2. The molecule has 1 aliphatic carbocycles. The number of aryl methyl sites for hydroxylation is 2. The van der Waals surface area contributed by atoms with Gasteiger partial charge in [0, 0.05) is 4.88 Å². The average Bonchev–Trinajstić information content (AvgIpc) is 2.86. The molecule has 2 unspecified atom stereocenters. The molecule has 18 heavy (non-hydrogen) atoms. The first-order valence-electron chi connectivity index (χ1n) is 5.96. The molecule has 0 aliphatic heterocycles. The highest BCUT2D eigenvalue weighted by atomic mass is 32.1. The van der Waals surface area contributed by atoms with Crippen molar-refractivity contribution < 1.29 is 14.7 Å². The Kier molecular flexibility index (Phi) is 3.65. The van der Waals surface area contributed by atoms with Crippen LogP contribution in [-0.2, 0) is 9.59 Å². The lowest BCUT2D eigenvalue weighted by molar-refractivity contribution is -0.145. The van der Waals surface area contributed by atoms with Gasteiger partial charge in [0.05, 0.1) is 17.5 Å². The molecule has 0 bridgehead atoms. The highest BCUT2D eigenvalue weighted by molar-refractivity contribution is 7.15. The zero-order valence-electron chi connectivity index (χ0n) is 10.4. The van der Waals surface area contributed by atoms with Gasteiger partial charge in [-0.1, -0.05) is 6.42 Å². The Morgan fingerprint density at radius 1 is 1.33 bits per heavy atom. The largest absolute Gasteiger partial charge is 0.481 e. The number of aromatic nitrogens is 1. The Hall–Kier alpha value is -1.43. The lowest BCUT2D eigenvalue weighted by Gasteiger charge is -2.14.